The molecule has 2 amide bonds. The second kappa shape index (κ2) is 6.92. The number of carbonyl (C=O) groups is 1. The Morgan fingerprint density at radius 2 is 1.73 bits per heavy atom. The molecule has 1 aromatic heterocycles. The minimum absolute atomic E-state index is 0.0335. The Balaban J connectivity index is 2.25. The van der Waals surface area contributed by atoms with E-state index in [4.69, 9.17) is 28.9 Å². The average Bonchev–Trinajstić information content (AvgIpc) is 2.56. The Kier molecular flexibility index (Phi) is 4.98. The third-order valence-electron chi connectivity index (χ3n) is 4.02. The first-order chi connectivity index (χ1) is 12.2. The second-order valence-corrected chi connectivity index (χ2v) is 6.56. The van der Waals surface area contributed by atoms with Gasteiger partial charge >= 0.3 is 12.2 Å². The SMILES string of the molecule is NC(=O)N(c1nc2c(c(C(F)(F)F)n1)CCCC2)c1c(Cl)cccc1Cl. The molecule has 3 rings (SSSR count). The maximum atomic E-state index is 13.5. The normalized spacial score (nSPS) is 14.0. The summed E-state index contributed by atoms with van der Waals surface area (Å²) in [6.45, 7) is 0. The molecule has 0 atom stereocenters. The highest BCUT2D eigenvalue weighted by Crippen LogP contribution is 2.40. The number of primary amides is 1. The molecule has 0 saturated heterocycles. The van der Waals surface area contributed by atoms with Crippen LogP contribution >= 0.6 is 23.2 Å². The fourth-order valence-corrected chi connectivity index (χ4v) is 3.49. The van der Waals surface area contributed by atoms with Crippen molar-refractivity contribution in [3.63, 3.8) is 0 Å². The van der Waals surface area contributed by atoms with Crippen LogP contribution in [0, 0.1) is 0 Å². The minimum atomic E-state index is -4.69. The molecule has 0 aliphatic heterocycles. The lowest BCUT2D eigenvalue weighted by atomic mass is 9.94. The number of hydrogen-bond donors (Lipinski definition) is 1. The van der Waals surface area contributed by atoms with E-state index in [1.54, 1.807) is 0 Å². The van der Waals surface area contributed by atoms with Gasteiger partial charge in [0.2, 0.25) is 5.95 Å². The van der Waals surface area contributed by atoms with Gasteiger partial charge in [0.1, 0.15) is 0 Å². The molecule has 2 aromatic rings. The first-order valence-electron chi connectivity index (χ1n) is 7.70. The number of fused-ring (bicyclic) bond motifs is 1. The number of carbonyl (C=O) groups excluding carboxylic acids is 1. The third kappa shape index (κ3) is 3.43. The standard InChI is InChI=1S/C16H13Cl2F3N4O/c17-9-5-3-6-10(18)12(9)25(14(22)26)15-23-11-7-2-1-4-8(11)13(24-15)16(19,20)21/h3,5-6H,1-2,4,7H2,(H2,22,26). The summed E-state index contributed by atoms with van der Waals surface area (Å²) in [4.78, 5) is 20.5. The molecule has 1 aliphatic rings. The Morgan fingerprint density at radius 3 is 2.31 bits per heavy atom. The fourth-order valence-electron chi connectivity index (χ4n) is 2.93. The van der Waals surface area contributed by atoms with Crippen LogP contribution in [0.5, 0.6) is 0 Å². The summed E-state index contributed by atoms with van der Waals surface area (Å²) >= 11 is 12.2. The molecule has 2 N–H and O–H groups in total. The van der Waals surface area contributed by atoms with E-state index < -0.39 is 23.8 Å². The van der Waals surface area contributed by atoms with Gasteiger partial charge in [0.15, 0.2) is 5.69 Å². The first-order valence-corrected chi connectivity index (χ1v) is 8.46. The van der Waals surface area contributed by atoms with E-state index >= 15 is 0 Å². The molecule has 5 nitrogen and oxygen atoms in total. The number of hydrogen-bond acceptors (Lipinski definition) is 3. The number of nitrogens with zero attached hydrogens (tertiary/aromatic N) is 3. The quantitative estimate of drug-likeness (QED) is 0.773. The van der Waals surface area contributed by atoms with Crippen LogP contribution in [-0.2, 0) is 19.0 Å². The molecule has 0 saturated carbocycles. The number of aryl methyl sites for hydroxylation is 1. The number of halogens is 5. The van der Waals surface area contributed by atoms with E-state index in [2.05, 4.69) is 9.97 Å². The molecule has 0 spiro atoms. The minimum Gasteiger partial charge on any atom is -0.351 e. The van der Waals surface area contributed by atoms with Crippen molar-refractivity contribution < 1.29 is 18.0 Å². The highest BCUT2D eigenvalue weighted by atomic mass is 35.5. The number of amides is 2. The summed E-state index contributed by atoms with van der Waals surface area (Å²) in [5, 5.41) is 0.0670. The van der Waals surface area contributed by atoms with Crippen LogP contribution in [-0.4, -0.2) is 16.0 Å². The number of urea groups is 1. The fraction of sp³-hybridized carbons (Fsp3) is 0.312. The molecule has 1 aromatic carbocycles. The largest absolute Gasteiger partial charge is 0.433 e. The topological polar surface area (TPSA) is 72.1 Å². The zero-order valence-electron chi connectivity index (χ0n) is 13.3. The summed E-state index contributed by atoms with van der Waals surface area (Å²) in [6, 6.07) is 3.30. The molecule has 1 aliphatic carbocycles. The maximum Gasteiger partial charge on any atom is 0.433 e. The molecule has 10 heteroatoms. The molecule has 0 unspecified atom stereocenters. The number of para-hydroxylation sites is 1. The number of rotatable bonds is 2. The van der Waals surface area contributed by atoms with Gasteiger partial charge in [-0.15, -0.1) is 0 Å². The van der Waals surface area contributed by atoms with E-state index in [9.17, 15) is 18.0 Å². The number of nitrogens with two attached hydrogens (primary N) is 1. The molecule has 1 heterocycles. The van der Waals surface area contributed by atoms with Crippen molar-refractivity contribution in [2.75, 3.05) is 4.90 Å². The van der Waals surface area contributed by atoms with E-state index in [-0.39, 0.29) is 33.4 Å². The lowest BCUT2D eigenvalue weighted by Crippen LogP contribution is -2.34. The van der Waals surface area contributed by atoms with Crippen LogP contribution in [0.1, 0.15) is 29.8 Å². The molecule has 138 valence electrons. The zero-order chi connectivity index (χ0) is 19.1. The Bertz CT molecular complexity index is 853. The Morgan fingerprint density at radius 1 is 1.12 bits per heavy atom. The van der Waals surface area contributed by atoms with E-state index in [1.165, 1.54) is 18.2 Å². The Labute approximate surface area is 156 Å². The Hall–Kier alpha value is -2.06. The van der Waals surface area contributed by atoms with Crippen LogP contribution in [0.15, 0.2) is 18.2 Å². The zero-order valence-corrected chi connectivity index (χ0v) is 14.8. The summed E-state index contributed by atoms with van der Waals surface area (Å²) in [5.41, 5.74) is 4.57. The molecular formula is C16H13Cl2F3N4O. The predicted octanol–water partition coefficient (Wildman–Crippen LogP) is 4.90. The van der Waals surface area contributed by atoms with Gasteiger partial charge in [-0.3, -0.25) is 0 Å². The summed E-state index contributed by atoms with van der Waals surface area (Å²) in [6.07, 6.45) is -2.78. The van der Waals surface area contributed by atoms with Crippen molar-refractivity contribution in [2.24, 2.45) is 5.73 Å². The van der Waals surface area contributed by atoms with E-state index in [0.717, 1.165) is 0 Å². The maximum absolute atomic E-state index is 13.5. The van der Waals surface area contributed by atoms with Crippen molar-refractivity contribution in [3.8, 4) is 0 Å². The third-order valence-corrected chi connectivity index (χ3v) is 4.63. The van der Waals surface area contributed by atoms with E-state index in [0.29, 0.717) is 24.2 Å². The number of aromatic nitrogens is 2. The second-order valence-electron chi connectivity index (χ2n) is 5.75. The molecule has 0 fully saturated rings. The van der Waals surface area contributed by atoms with Gasteiger partial charge in [0.05, 0.1) is 15.7 Å². The van der Waals surface area contributed by atoms with Crippen LogP contribution in [0.25, 0.3) is 0 Å². The number of anilines is 2. The van der Waals surface area contributed by atoms with Gasteiger partial charge < -0.3 is 5.73 Å². The monoisotopic (exact) mass is 404 g/mol. The highest BCUT2D eigenvalue weighted by Gasteiger charge is 2.39. The van der Waals surface area contributed by atoms with Crippen LogP contribution in [0.4, 0.5) is 29.6 Å². The number of alkyl halides is 3. The molecule has 26 heavy (non-hydrogen) atoms. The lowest BCUT2D eigenvalue weighted by Gasteiger charge is -2.25. The smallest absolute Gasteiger partial charge is 0.351 e. The van der Waals surface area contributed by atoms with Crippen molar-refractivity contribution in [1.29, 1.82) is 0 Å². The number of benzene rings is 1. The van der Waals surface area contributed by atoms with Crippen molar-refractivity contribution in [2.45, 2.75) is 31.9 Å². The summed E-state index contributed by atoms with van der Waals surface area (Å²) in [5.74, 6) is -0.500. The van der Waals surface area contributed by atoms with Crippen molar-refractivity contribution in [3.05, 3.63) is 45.2 Å². The average molecular weight is 405 g/mol. The molecular weight excluding hydrogens is 392 g/mol. The van der Waals surface area contributed by atoms with Crippen LogP contribution in [0.2, 0.25) is 10.0 Å². The molecule has 0 radical (unpaired) electrons. The summed E-state index contributed by atoms with van der Waals surface area (Å²) < 4.78 is 40.5. The van der Waals surface area contributed by atoms with Gasteiger partial charge in [0, 0.05) is 11.3 Å². The lowest BCUT2D eigenvalue weighted by molar-refractivity contribution is -0.142. The van der Waals surface area contributed by atoms with Crippen molar-refractivity contribution >= 4 is 40.9 Å². The van der Waals surface area contributed by atoms with Crippen molar-refractivity contribution in [1.82, 2.24) is 9.97 Å². The highest BCUT2D eigenvalue weighted by molar-refractivity contribution is 6.40. The van der Waals surface area contributed by atoms with Gasteiger partial charge in [-0.05, 0) is 37.8 Å². The molecule has 0 bridgehead atoms. The van der Waals surface area contributed by atoms with Gasteiger partial charge in [0.25, 0.3) is 0 Å². The van der Waals surface area contributed by atoms with Gasteiger partial charge in [-0.1, -0.05) is 29.3 Å². The van der Waals surface area contributed by atoms with Crippen LogP contribution in [0.3, 0.4) is 0 Å². The predicted molar refractivity (Wildman–Crippen MR) is 91.9 cm³/mol. The van der Waals surface area contributed by atoms with Gasteiger partial charge in [-0.25, -0.2) is 19.7 Å². The summed E-state index contributed by atoms with van der Waals surface area (Å²) in [7, 11) is 0. The van der Waals surface area contributed by atoms with Crippen LogP contribution < -0.4 is 10.6 Å². The first kappa shape index (κ1) is 18.7. The van der Waals surface area contributed by atoms with E-state index in [1.807, 2.05) is 0 Å². The van der Waals surface area contributed by atoms with Gasteiger partial charge in [-0.2, -0.15) is 13.2 Å².